The molecule has 1 atom stereocenters. The summed E-state index contributed by atoms with van der Waals surface area (Å²) in [4.78, 5) is 13.3. The van der Waals surface area contributed by atoms with Gasteiger partial charge >= 0.3 is 0 Å². The Morgan fingerprint density at radius 3 is 2.54 bits per heavy atom. The van der Waals surface area contributed by atoms with E-state index in [4.69, 9.17) is 5.73 Å². The molecule has 0 aliphatic carbocycles. The van der Waals surface area contributed by atoms with Crippen LogP contribution in [0.25, 0.3) is 0 Å². The third-order valence-corrected chi connectivity index (χ3v) is 2.16. The predicted molar refractivity (Wildman–Crippen MR) is 55.9 cm³/mol. The second-order valence-corrected chi connectivity index (χ2v) is 3.16. The number of halogens is 1. The van der Waals surface area contributed by atoms with E-state index in [0.29, 0.717) is 6.42 Å². The standard InChI is InChI=1S/C9H16N2O.ClH/c1-2-5-8(10)9(12)11-6-3-4-7-11;/h2,8H,1,3-7,10H2;1H. The second kappa shape index (κ2) is 6.00. The lowest BCUT2D eigenvalue weighted by atomic mass is 10.2. The van der Waals surface area contributed by atoms with Crippen molar-refractivity contribution in [2.75, 3.05) is 13.1 Å². The number of hydrogen-bond acceptors (Lipinski definition) is 2. The van der Waals surface area contributed by atoms with Gasteiger partial charge in [-0.15, -0.1) is 19.0 Å². The number of nitrogens with zero attached hydrogens (tertiary/aromatic N) is 1. The molecule has 1 aliphatic rings. The van der Waals surface area contributed by atoms with Crippen LogP contribution in [0.3, 0.4) is 0 Å². The van der Waals surface area contributed by atoms with Crippen LogP contribution in [0.5, 0.6) is 0 Å². The first-order chi connectivity index (χ1) is 5.75. The summed E-state index contributed by atoms with van der Waals surface area (Å²) >= 11 is 0. The Balaban J connectivity index is 0.00000144. The van der Waals surface area contributed by atoms with Crippen LogP contribution in [0.4, 0.5) is 0 Å². The first-order valence-electron chi connectivity index (χ1n) is 4.41. The van der Waals surface area contributed by atoms with Crippen LogP contribution in [0, 0.1) is 0 Å². The van der Waals surface area contributed by atoms with Crippen molar-refractivity contribution in [2.45, 2.75) is 25.3 Å². The number of nitrogens with two attached hydrogens (primary N) is 1. The molecule has 4 heteroatoms. The van der Waals surface area contributed by atoms with Gasteiger partial charge < -0.3 is 10.6 Å². The second-order valence-electron chi connectivity index (χ2n) is 3.16. The molecule has 0 aromatic heterocycles. The van der Waals surface area contributed by atoms with E-state index in [1.807, 2.05) is 4.90 Å². The fraction of sp³-hybridized carbons (Fsp3) is 0.667. The summed E-state index contributed by atoms with van der Waals surface area (Å²) in [6, 6.07) is -0.374. The molecule has 0 aromatic rings. The zero-order valence-electron chi connectivity index (χ0n) is 7.74. The molecule has 1 rings (SSSR count). The van der Waals surface area contributed by atoms with Gasteiger partial charge in [-0.05, 0) is 19.3 Å². The summed E-state index contributed by atoms with van der Waals surface area (Å²) < 4.78 is 0. The number of carbonyl (C=O) groups is 1. The lowest BCUT2D eigenvalue weighted by molar-refractivity contribution is -0.131. The Bertz CT molecular complexity index is 178. The van der Waals surface area contributed by atoms with Crippen LogP contribution in [0.15, 0.2) is 12.7 Å². The average Bonchev–Trinajstić information content (AvgIpc) is 2.55. The van der Waals surface area contributed by atoms with Crippen LogP contribution >= 0.6 is 12.4 Å². The van der Waals surface area contributed by atoms with Gasteiger partial charge in [0.15, 0.2) is 0 Å². The molecule has 76 valence electrons. The van der Waals surface area contributed by atoms with E-state index >= 15 is 0 Å². The molecule has 1 fully saturated rings. The Labute approximate surface area is 85.4 Å². The molecule has 1 heterocycles. The van der Waals surface area contributed by atoms with Crippen molar-refractivity contribution < 1.29 is 4.79 Å². The fourth-order valence-electron chi connectivity index (χ4n) is 1.45. The van der Waals surface area contributed by atoms with Gasteiger partial charge in [0.05, 0.1) is 6.04 Å². The molecule has 0 radical (unpaired) electrons. The largest absolute Gasteiger partial charge is 0.341 e. The third-order valence-electron chi connectivity index (χ3n) is 2.16. The highest BCUT2D eigenvalue weighted by molar-refractivity contribution is 5.85. The van der Waals surface area contributed by atoms with Crippen molar-refractivity contribution in [1.82, 2.24) is 4.90 Å². The maximum Gasteiger partial charge on any atom is 0.239 e. The lowest BCUT2D eigenvalue weighted by Crippen LogP contribution is -2.41. The minimum absolute atomic E-state index is 0. The van der Waals surface area contributed by atoms with Gasteiger partial charge in [0.2, 0.25) is 5.91 Å². The topological polar surface area (TPSA) is 46.3 Å². The Kier molecular flexibility index (Phi) is 5.75. The van der Waals surface area contributed by atoms with E-state index in [9.17, 15) is 4.79 Å². The predicted octanol–water partition coefficient (Wildman–Crippen LogP) is 0.934. The third kappa shape index (κ3) is 3.36. The van der Waals surface area contributed by atoms with Gasteiger partial charge in [-0.2, -0.15) is 0 Å². The minimum atomic E-state index is -0.374. The highest BCUT2D eigenvalue weighted by atomic mass is 35.5. The monoisotopic (exact) mass is 204 g/mol. The van der Waals surface area contributed by atoms with Crippen molar-refractivity contribution in [1.29, 1.82) is 0 Å². The molecular formula is C9H17ClN2O. The molecule has 3 nitrogen and oxygen atoms in total. The number of hydrogen-bond donors (Lipinski definition) is 1. The summed E-state index contributed by atoms with van der Waals surface area (Å²) in [5.74, 6) is 0.0763. The maximum atomic E-state index is 11.5. The van der Waals surface area contributed by atoms with E-state index < -0.39 is 0 Å². The first-order valence-corrected chi connectivity index (χ1v) is 4.41. The zero-order chi connectivity index (χ0) is 8.97. The van der Waals surface area contributed by atoms with Gasteiger partial charge in [0.1, 0.15) is 0 Å². The van der Waals surface area contributed by atoms with E-state index in [0.717, 1.165) is 25.9 Å². The molecule has 1 unspecified atom stereocenters. The summed E-state index contributed by atoms with van der Waals surface area (Å²) in [6.07, 6.45) is 4.51. The van der Waals surface area contributed by atoms with E-state index in [2.05, 4.69) is 6.58 Å². The van der Waals surface area contributed by atoms with Crippen molar-refractivity contribution in [3.8, 4) is 0 Å². The van der Waals surface area contributed by atoms with E-state index in [1.54, 1.807) is 6.08 Å². The van der Waals surface area contributed by atoms with Crippen LogP contribution in [-0.2, 0) is 4.79 Å². The van der Waals surface area contributed by atoms with Crippen LogP contribution < -0.4 is 5.73 Å². The molecule has 2 N–H and O–H groups in total. The highest BCUT2D eigenvalue weighted by Crippen LogP contribution is 2.09. The molecule has 1 aliphatic heterocycles. The Morgan fingerprint density at radius 1 is 1.54 bits per heavy atom. The molecular weight excluding hydrogens is 188 g/mol. The highest BCUT2D eigenvalue weighted by Gasteiger charge is 2.22. The summed E-state index contributed by atoms with van der Waals surface area (Å²) in [7, 11) is 0. The van der Waals surface area contributed by atoms with Crippen molar-refractivity contribution in [2.24, 2.45) is 5.73 Å². The van der Waals surface area contributed by atoms with Gasteiger partial charge in [-0.1, -0.05) is 6.08 Å². The molecule has 0 spiro atoms. The average molecular weight is 205 g/mol. The zero-order valence-corrected chi connectivity index (χ0v) is 8.55. The van der Waals surface area contributed by atoms with Crippen molar-refractivity contribution in [3.63, 3.8) is 0 Å². The summed E-state index contributed by atoms with van der Waals surface area (Å²) in [6.45, 7) is 5.32. The smallest absolute Gasteiger partial charge is 0.239 e. The molecule has 13 heavy (non-hydrogen) atoms. The van der Waals surface area contributed by atoms with E-state index in [-0.39, 0.29) is 24.4 Å². The molecule has 0 aromatic carbocycles. The summed E-state index contributed by atoms with van der Waals surface area (Å²) in [5.41, 5.74) is 5.65. The molecule has 1 saturated heterocycles. The van der Waals surface area contributed by atoms with Gasteiger partial charge in [0.25, 0.3) is 0 Å². The Morgan fingerprint density at radius 2 is 2.08 bits per heavy atom. The number of amides is 1. The number of rotatable bonds is 3. The van der Waals surface area contributed by atoms with Crippen LogP contribution in [-0.4, -0.2) is 29.9 Å². The van der Waals surface area contributed by atoms with Gasteiger partial charge in [0, 0.05) is 13.1 Å². The van der Waals surface area contributed by atoms with Gasteiger partial charge in [-0.3, -0.25) is 4.79 Å². The SMILES string of the molecule is C=CCC(N)C(=O)N1CCCC1.Cl. The lowest BCUT2D eigenvalue weighted by Gasteiger charge is -2.18. The molecule has 0 saturated carbocycles. The quantitative estimate of drug-likeness (QED) is 0.696. The minimum Gasteiger partial charge on any atom is -0.341 e. The number of carbonyl (C=O) groups excluding carboxylic acids is 1. The summed E-state index contributed by atoms with van der Waals surface area (Å²) in [5, 5.41) is 0. The first kappa shape index (κ1) is 12.5. The van der Waals surface area contributed by atoms with Crippen LogP contribution in [0.1, 0.15) is 19.3 Å². The van der Waals surface area contributed by atoms with Gasteiger partial charge in [-0.25, -0.2) is 0 Å². The maximum absolute atomic E-state index is 11.5. The van der Waals surface area contributed by atoms with Crippen molar-refractivity contribution in [3.05, 3.63) is 12.7 Å². The molecule has 1 amide bonds. The normalized spacial score (nSPS) is 17.8. The Hall–Kier alpha value is -0.540. The fourth-order valence-corrected chi connectivity index (χ4v) is 1.45. The van der Waals surface area contributed by atoms with Crippen LogP contribution in [0.2, 0.25) is 0 Å². The van der Waals surface area contributed by atoms with E-state index in [1.165, 1.54) is 0 Å². The molecule has 0 bridgehead atoms. The number of likely N-dealkylation sites (tertiary alicyclic amines) is 1. The van der Waals surface area contributed by atoms with Crippen molar-refractivity contribution >= 4 is 18.3 Å².